The molecule has 1 rings (SSSR count). The second-order valence-corrected chi connectivity index (χ2v) is 4.78. The van der Waals surface area contributed by atoms with E-state index in [0.717, 1.165) is 25.2 Å². The molecular weight excluding hydrogens is 252 g/mol. The smallest absolute Gasteiger partial charge is 0.119 e. The first-order valence-electron chi connectivity index (χ1n) is 7.74. The molecule has 0 saturated carbocycles. The average molecular weight is 280 g/mol. The lowest BCUT2D eigenvalue weighted by Gasteiger charge is -2.08. The van der Waals surface area contributed by atoms with Crippen LogP contribution in [0.3, 0.4) is 0 Å². The number of hydrogen-bond donors (Lipinski definition) is 0. The van der Waals surface area contributed by atoms with Crippen molar-refractivity contribution in [2.45, 2.75) is 39.5 Å². The average Bonchev–Trinajstić information content (AvgIpc) is 2.50. The van der Waals surface area contributed by atoms with Crippen LogP contribution in [0, 0.1) is 0 Å². The summed E-state index contributed by atoms with van der Waals surface area (Å²) in [6.07, 6.45) is 4.68. The lowest BCUT2D eigenvalue weighted by atomic mass is 10.2. The van der Waals surface area contributed by atoms with Gasteiger partial charge in [0.1, 0.15) is 12.4 Å². The lowest BCUT2D eigenvalue weighted by molar-refractivity contribution is 0.0353. The topological polar surface area (TPSA) is 27.7 Å². The summed E-state index contributed by atoms with van der Waals surface area (Å²) < 4.78 is 16.5. The van der Waals surface area contributed by atoms with Crippen LogP contribution in [-0.2, 0) is 15.9 Å². The summed E-state index contributed by atoms with van der Waals surface area (Å²) in [5.74, 6) is 0.904. The molecule has 0 bridgehead atoms. The number of rotatable bonds is 12. The van der Waals surface area contributed by atoms with Crippen molar-refractivity contribution in [1.82, 2.24) is 0 Å². The summed E-state index contributed by atoms with van der Waals surface area (Å²) >= 11 is 0. The molecule has 0 aliphatic heterocycles. The molecule has 0 radical (unpaired) electrons. The number of unbranched alkanes of at least 4 members (excludes halogenated alkanes) is 2. The van der Waals surface area contributed by atoms with Crippen molar-refractivity contribution in [3.05, 3.63) is 29.8 Å². The quantitative estimate of drug-likeness (QED) is 0.544. The van der Waals surface area contributed by atoms with Crippen molar-refractivity contribution < 1.29 is 14.2 Å². The summed E-state index contributed by atoms with van der Waals surface area (Å²) in [6.45, 7) is 7.69. The Morgan fingerprint density at radius 1 is 0.750 bits per heavy atom. The van der Waals surface area contributed by atoms with Crippen LogP contribution in [0.4, 0.5) is 0 Å². The van der Waals surface area contributed by atoms with Crippen molar-refractivity contribution in [1.29, 1.82) is 0 Å². The Kier molecular flexibility index (Phi) is 9.98. The predicted octanol–water partition coefficient (Wildman–Crippen LogP) is 3.85. The predicted molar refractivity (Wildman–Crippen MR) is 82.5 cm³/mol. The zero-order chi connectivity index (χ0) is 14.5. The molecule has 3 nitrogen and oxygen atoms in total. The van der Waals surface area contributed by atoms with Gasteiger partial charge >= 0.3 is 0 Å². The maximum atomic E-state index is 5.60. The number of benzene rings is 1. The molecule has 0 spiro atoms. The van der Waals surface area contributed by atoms with E-state index in [1.807, 2.05) is 12.1 Å². The van der Waals surface area contributed by atoms with Gasteiger partial charge in [0.15, 0.2) is 0 Å². The second-order valence-electron chi connectivity index (χ2n) is 4.78. The van der Waals surface area contributed by atoms with E-state index in [1.165, 1.54) is 18.4 Å². The highest BCUT2D eigenvalue weighted by Crippen LogP contribution is 2.12. The third kappa shape index (κ3) is 8.18. The summed E-state index contributed by atoms with van der Waals surface area (Å²) in [7, 11) is 0. The van der Waals surface area contributed by atoms with Gasteiger partial charge in [0, 0.05) is 6.61 Å². The molecule has 0 aromatic heterocycles. The molecule has 0 saturated heterocycles. The minimum Gasteiger partial charge on any atom is -0.491 e. The molecule has 1 aromatic carbocycles. The molecule has 114 valence electrons. The van der Waals surface area contributed by atoms with E-state index in [-0.39, 0.29) is 0 Å². The van der Waals surface area contributed by atoms with Gasteiger partial charge < -0.3 is 14.2 Å². The van der Waals surface area contributed by atoms with Gasteiger partial charge in [-0.3, -0.25) is 0 Å². The van der Waals surface area contributed by atoms with Crippen molar-refractivity contribution in [2.24, 2.45) is 0 Å². The van der Waals surface area contributed by atoms with Crippen LogP contribution in [0.5, 0.6) is 5.75 Å². The number of hydrogen-bond acceptors (Lipinski definition) is 3. The summed E-state index contributed by atoms with van der Waals surface area (Å²) in [4.78, 5) is 0. The third-order valence-corrected chi connectivity index (χ3v) is 3.09. The van der Waals surface area contributed by atoms with E-state index < -0.39 is 0 Å². The fourth-order valence-electron chi connectivity index (χ4n) is 1.82. The minimum absolute atomic E-state index is 0.585. The maximum absolute atomic E-state index is 5.60. The van der Waals surface area contributed by atoms with Gasteiger partial charge in [0.2, 0.25) is 0 Å². The molecule has 0 aliphatic carbocycles. The maximum Gasteiger partial charge on any atom is 0.119 e. The Hall–Kier alpha value is -1.06. The normalized spacial score (nSPS) is 10.7. The monoisotopic (exact) mass is 280 g/mol. The first kappa shape index (κ1) is 17.0. The van der Waals surface area contributed by atoms with E-state index in [2.05, 4.69) is 26.0 Å². The van der Waals surface area contributed by atoms with E-state index in [9.17, 15) is 0 Å². The molecule has 0 amide bonds. The summed E-state index contributed by atoms with van der Waals surface area (Å²) in [5, 5.41) is 0. The van der Waals surface area contributed by atoms with E-state index in [0.29, 0.717) is 26.4 Å². The lowest BCUT2D eigenvalue weighted by Crippen LogP contribution is -2.11. The molecule has 0 atom stereocenters. The highest BCUT2D eigenvalue weighted by molar-refractivity contribution is 5.27. The molecule has 20 heavy (non-hydrogen) atoms. The molecule has 0 heterocycles. The zero-order valence-corrected chi connectivity index (χ0v) is 12.9. The molecule has 1 aromatic rings. The first-order chi connectivity index (χ1) is 9.86. The Labute approximate surface area is 123 Å². The first-order valence-corrected chi connectivity index (χ1v) is 7.74. The van der Waals surface area contributed by atoms with Crippen molar-refractivity contribution in [3.8, 4) is 5.75 Å². The second kappa shape index (κ2) is 11.7. The van der Waals surface area contributed by atoms with Crippen LogP contribution in [0.15, 0.2) is 24.3 Å². The minimum atomic E-state index is 0.585. The molecule has 0 N–H and O–H groups in total. The van der Waals surface area contributed by atoms with Gasteiger partial charge in [-0.25, -0.2) is 0 Å². The zero-order valence-electron chi connectivity index (χ0n) is 12.9. The van der Waals surface area contributed by atoms with Gasteiger partial charge in [0.25, 0.3) is 0 Å². The fourth-order valence-corrected chi connectivity index (χ4v) is 1.82. The van der Waals surface area contributed by atoms with Crippen LogP contribution in [-0.4, -0.2) is 33.0 Å². The Bertz CT molecular complexity index is 322. The third-order valence-electron chi connectivity index (χ3n) is 3.09. The van der Waals surface area contributed by atoms with Gasteiger partial charge in [-0.05, 0) is 30.5 Å². The highest BCUT2D eigenvalue weighted by Gasteiger charge is 1.95. The van der Waals surface area contributed by atoms with Crippen molar-refractivity contribution in [3.63, 3.8) is 0 Å². The van der Waals surface area contributed by atoms with E-state index in [4.69, 9.17) is 14.2 Å². The standard InChI is InChI=1S/C17H28O3/c1-3-5-6-11-18-12-13-19-14-15-20-17-9-7-16(4-2)8-10-17/h7-10H,3-6,11-15H2,1-2H3. The Balaban J connectivity index is 1.91. The number of aryl methyl sites for hydroxylation is 1. The molecule has 0 fully saturated rings. The SMILES string of the molecule is CCCCCOCCOCCOc1ccc(CC)cc1. The largest absolute Gasteiger partial charge is 0.491 e. The van der Waals surface area contributed by atoms with Gasteiger partial charge in [0.05, 0.1) is 19.8 Å². The van der Waals surface area contributed by atoms with Crippen LogP contribution in [0.25, 0.3) is 0 Å². The van der Waals surface area contributed by atoms with Gasteiger partial charge in [-0.2, -0.15) is 0 Å². The van der Waals surface area contributed by atoms with E-state index >= 15 is 0 Å². The molecule has 3 heteroatoms. The van der Waals surface area contributed by atoms with Gasteiger partial charge in [-0.15, -0.1) is 0 Å². The summed E-state index contributed by atoms with van der Waals surface area (Å²) in [6, 6.07) is 8.21. The number of ether oxygens (including phenoxy) is 3. The summed E-state index contributed by atoms with van der Waals surface area (Å²) in [5.41, 5.74) is 1.33. The van der Waals surface area contributed by atoms with Crippen LogP contribution in [0.1, 0.15) is 38.7 Å². The Morgan fingerprint density at radius 3 is 2.05 bits per heavy atom. The molecular formula is C17H28O3. The van der Waals surface area contributed by atoms with Crippen molar-refractivity contribution in [2.75, 3.05) is 33.0 Å². The Morgan fingerprint density at radius 2 is 1.40 bits per heavy atom. The molecule has 0 unspecified atom stereocenters. The van der Waals surface area contributed by atoms with Gasteiger partial charge in [-0.1, -0.05) is 38.8 Å². The highest BCUT2D eigenvalue weighted by atomic mass is 16.5. The molecule has 0 aliphatic rings. The van der Waals surface area contributed by atoms with Crippen LogP contribution >= 0.6 is 0 Å². The van der Waals surface area contributed by atoms with E-state index in [1.54, 1.807) is 0 Å². The van der Waals surface area contributed by atoms with Crippen LogP contribution < -0.4 is 4.74 Å². The van der Waals surface area contributed by atoms with Crippen molar-refractivity contribution >= 4 is 0 Å². The van der Waals surface area contributed by atoms with Crippen LogP contribution in [0.2, 0.25) is 0 Å². The fraction of sp³-hybridized carbons (Fsp3) is 0.647.